The second kappa shape index (κ2) is 6.47. The largest absolute Gasteiger partial charge is 0.478 e. The van der Waals surface area contributed by atoms with Crippen LogP contribution in [0.5, 0.6) is 0 Å². The second-order valence-electron chi connectivity index (χ2n) is 3.77. The fourth-order valence-corrected chi connectivity index (χ4v) is 3.44. The molecule has 0 amide bonds. The average molecular weight is 352 g/mol. The Hall–Kier alpha value is -0.960. The van der Waals surface area contributed by atoms with Crippen molar-refractivity contribution in [2.45, 2.75) is 4.90 Å². The van der Waals surface area contributed by atoms with Crippen LogP contribution in [0.1, 0.15) is 10.4 Å². The summed E-state index contributed by atoms with van der Waals surface area (Å²) in [5.41, 5.74) is -0.0816. The number of benzene rings is 1. The molecule has 0 heterocycles. The first kappa shape index (κ1) is 16.1. The van der Waals surface area contributed by atoms with Gasteiger partial charge in [0.1, 0.15) is 0 Å². The minimum Gasteiger partial charge on any atom is -0.478 e. The van der Waals surface area contributed by atoms with Crippen molar-refractivity contribution in [3.63, 3.8) is 0 Å². The Morgan fingerprint density at radius 2 is 2.11 bits per heavy atom. The Labute approximate surface area is 120 Å². The number of ether oxygens (including phenoxy) is 1. The molecule has 0 aliphatic rings. The van der Waals surface area contributed by atoms with Crippen LogP contribution in [0.15, 0.2) is 27.6 Å². The van der Waals surface area contributed by atoms with Gasteiger partial charge in [0, 0.05) is 25.2 Å². The summed E-state index contributed by atoms with van der Waals surface area (Å²) in [7, 11) is -0.870. The maximum atomic E-state index is 12.3. The van der Waals surface area contributed by atoms with Gasteiger partial charge in [-0.3, -0.25) is 0 Å². The summed E-state index contributed by atoms with van der Waals surface area (Å²) in [4.78, 5) is 10.8. The lowest BCUT2D eigenvalue weighted by molar-refractivity contribution is 0.0696. The zero-order valence-electron chi connectivity index (χ0n) is 10.5. The highest BCUT2D eigenvalue weighted by atomic mass is 79.9. The highest BCUT2D eigenvalue weighted by molar-refractivity contribution is 9.10. The van der Waals surface area contributed by atoms with Gasteiger partial charge in [-0.25, -0.2) is 13.2 Å². The summed E-state index contributed by atoms with van der Waals surface area (Å²) in [6.07, 6.45) is 0. The molecular formula is C11H14BrNO5S. The predicted octanol–water partition coefficient (Wildman–Crippen LogP) is 1.41. The fourth-order valence-electron chi connectivity index (χ4n) is 1.34. The van der Waals surface area contributed by atoms with Crippen LogP contribution < -0.4 is 0 Å². The molecule has 1 aromatic carbocycles. The summed E-state index contributed by atoms with van der Waals surface area (Å²) in [5.74, 6) is -1.18. The van der Waals surface area contributed by atoms with Crippen LogP contribution in [0.3, 0.4) is 0 Å². The van der Waals surface area contributed by atoms with Crippen molar-refractivity contribution >= 4 is 31.9 Å². The molecular weight excluding hydrogens is 338 g/mol. The Balaban J connectivity index is 3.20. The lowest BCUT2D eigenvalue weighted by Gasteiger charge is -2.17. The summed E-state index contributed by atoms with van der Waals surface area (Å²) in [6, 6.07) is 3.87. The molecule has 0 spiro atoms. The zero-order valence-corrected chi connectivity index (χ0v) is 12.9. The molecule has 0 radical (unpaired) electrons. The molecule has 0 bridgehead atoms. The van der Waals surface area contributed by atoms with E-state index in [1.807, 2.05) is 0 Å². The van der Waals surface area contributed by atoms with E-state index >= 15 is 0 Å². The second-order valence-corrected chi connectivity index (χ2v) is 6.64. The Kier molecular flexibility index (Phi) is 5.48. The minimum atomic E-state index is -3.75. The zero-order chi connectivity index (χ0) is 14.6. The summed E-state index contributed by atoms with van der Waals surface area (Å²) >= 11 is 3.12. The fraction of sp³-hybridized carbons (Fsp3) is 0.364. The first-order valence-corrected chi connectivity index (χ1v) is 7.52. The quantitative estimate of drug-likeness (QED) is 0.837. The molecule has 19 heavy (non-hydrogen) atoms. The molecule has 1 N–H and O–H groups in total. The third-order valence-electron chi connectivity index (χ3n) is 2.48. The number of hydrogen-bond acceptors (Lipinski definition) is 4. The number of nitrogens with zero attached hydrogens (tertiary/aromatic N) is 1. The van der Waals surface area contributed by atoms with Crippen molar-refractivity contribution in [2.75, 3.05) is 27.3 Å². The van der Waals surface area contributed by atoms with Crippen LogP contribution in [0, 0.1) is 0 Å². The molecule has 8 heteroatoms. The lowest BCUT2D eigenvalue weighted by atomic mass is 10.2. The van der Waals surface area contributed by atoms with E-state index in [9.17, 15) is 13.2 Å². The van der Waals surface area contributed by atoms with E-state index in [-0.39, 0.29) is 23.6 Å². The molecule has 1 aromatic rings. The molecule has 6 nitrogen and oxygen atoms in total. The van der Waals surface area contributed by atoms with E-state index < -0.39 is 16.0 Å². The molecule has 0 atom stereocenters. The van der Waals surface area contributed by atoms with Gasteiger partial charge >= 0.3 is 5.97 Å². The SMILES string of the molecule is COCCN(C)S(=O)(=O)c1cc(C(=O)O)ccc1Br. The molecule has 0 unspecified atom stereocenters. The van der Waals surface area contributed by atoms with Crippen molar-refractivity contribution < 1.29 is 23.1 Å². The van der Waals surface area contributed by atoms with Gasteiger partial charge in [-0.15, -0.1) is 0 Å². The number of rotatable bonds is 6. The molecule has 0 saturated heterocycles. The molecule has 0 aromatic heterocycles. The monoisotopic (exact) mass is 351 g/mol. The average Bonchev–Trinajstić information content (AvgIpc) is 2.35. The smallest absolute Gasteiger partial charge is 0.335 e. The van der Waals surface area contributed by atoms with Crippen molar-refractivity contribution in [2.24, 2.45) is 0 Å². The molecule has 0 aliphatic carbocycles. The van der Waals surface area contributed by atoms with E-state index in [0.717, 1.165) is 10.4 Å². The van der Waals surface area contributed by atoms with Crippen molar-refractivity contribution in [1.29, 1.82) is 0 Å². The molecule has 106 valence electrons. The highest BCUT2D eigenvalue weighted by Gasteiger charge is 2.24. The van der Waals surface area contributed by atoms with Gasteiger partial charge in [0.2, 0.25) is 10.0 Å². The number of aromatic carboxylic acids is 1. The number of sulfonamides is 1. The summed E-state index contributed by atoms with van der Waals surface area (Å²) in [5, 5.41) is 8.90. The number of halogens is 1. The summed E-state index contributed by atoms with van der Waals surface area (Å²) in [6.45, 7) is 0.439. The molecule has 0 fully saturated rings. The molecule has 1 rings (SSSR count). The minimum absolute atomic E-state index is 0.0778. The molecule has 0 aliphatic heterocycles. The van der Waals surface area contributed by atoms with Gasteiger partial charge in [0.15, 0.2) is 0 Å². The number of likely N-dealkylation sites (N-methyl/N-ethyl adjacent to an activating group) is 1. The van der Waals surface area contributed by atoms with E-state index in [2.05, 4.69) is 15.9 Å². The Morgan fingerprint density at radius 1 is 1.47 bits per heavy atom. The van der Waals surface area contributed by atoms with Crippen LogP contribution >= 0.6 is 15.9 Å². The number of carboxylic acid groups (broad SMARTS) is 1. The predicted molar refractivity (Wildman–Crippen MR) is 72.8 cm³/mol. The van der Waals surface area contributed by atoms with Crippen LogP contribution in [0.2, 0.25) is 0 Å². The standard InChI is InChI=1S/C11H14BrNO5S/c1-13(5-6-18-2)19(16,17)10-7-8(11(14)15)3-4-9(10)12/h3-4,7H,5-6H2,1-2H3,(H,14,15). The van der Waals surface area contributed by atoms with E-state index in [1.54, 1.807) is 0 Å². The van der Waals surface area contributed by atoms with Gasteiger partial charge in [0.25, 0.3) is 0 Å². The maximum absolute atomic E-state index is 12.3. The molecule has 0 saturated carbocycles. The van der Waals surface area contributed by atoms with Gasteiger partial charge in [-0.05, 0) is 34.1 Å². The van der Waals surface area contributed by atoms with Crippen LogP contribution in [0.4, 0.5) is 0 Å². The number of hydrogen-bond donors (Lipinski definition) is 1. The van der Waals surface area contributed by atoms with Gasteiger partial charge < -0.3 is 9.84 Å². The summed E-state index contributed by atoms with van der Waals surface area (Å²) < 4.78 is 30.8. The van der Waals surface area contributed by atoms with Gasteiger partial charge in [0.05, 0.1) is 17.1 Å². The van der Waals surface area contributed by atoms with Gasteiger partial charge in [-0.2, -0.15) is 4.31 Å². The van der Waals surface area contributed by atoms with E-state index in [0.29, 0.717) is 4.47 Å². The highest BCUT2D eigenvalue weighted by Crippen LogP contribution is 2.25. The number of carboxylic acids is 1. The number of carbonyl (C=O) groups is 1. The van der Waals surface area contributed by atoms with E-state index in [1.165, 1.54) is 26.3 Å². The third-order valence-corrected chi connectivity index (χ3v) is 5.33. The topological polar surface area (TPSA) is 83.9 Å². The van der Waals surface area contributed by atoms with Crippen molar-refractivity contribution in [3.05, 3.63) is 28.2 Å². The first-order valence-electron chi connectivity index (χ1n) is 5.29. The van der Waals surface area contributed by atoms with E-state index in [4.69, 9.17) is 9.84 Å². The lowest BCUT2D eigenvalue weighted by Crippen LogP contribution is -2.30. The third kappa shape index (κ3) is 3.75. The Bertz CT molecular complexity index is 572. The van der Waals surface area contributed by atoms with Crippen LogP contribution in [-0.4, -0.2) is 51.1 Å². The number of methoxy groups -OCH3 is 1. The van der Waals surface area contributed by atoms with Crippen molar-refractivity contribution in [3.8, 4) is 0 Å². The van der Waals surface area contributed by atoms with Gasteiger partial charge in [-0.1, -0.05) is 0 Å². The first-order chi connectivity index (χ1) is 8.80. The Morgan fingerprint density at radius 3 is 2.63 bits per heavy atom. The normalized spacial score (nSPS) is 11.8. The maximum Gasteiger partial charge on any atom is 0.335 e. The van der Waals surface area contributed by atoms with Crippen LogP contribution in [-0.2, 0) is 14.8 Å². The van der Waals surface area contributed by atoms with Crippen LogP contribution in [0.25, 0.3) is 0 Å². The van der Waals surface area contributed by atoms with Crippen molar-refractivity contribution in [1.82, 2.24) is 4.31 Å².